The van der Waals surface area contributed by atoms with Gasteiger partial charge in [-0.15, -0.1) is 0 Å². The summed E-state index contributed by atoms with van der Waals surface area (Å²) in [7, 11) is 0. The van der Waals surface area contributed by atoms with Crippen LogP contribution in [-0.2, 0) is 4.79 Å². The summed E-state index contributed by atoms with van der Waals surface area (Å²) in [5.41, 5.74) is 0. The highest BCUT2D eigenvalue weighted by atomic mass is 19.1. The zero-order chi connectivity index (χ0) is 7.84. The summed E-state index contributed by atoms with van der Waals surface area (Å²) in [4.78, 5) is 11.0. The SMILES string of the molecule is O=C1C[C@@H]2CCC[C@H]2C[C@H]1F. The third kappa shape index (κ3) is 1.19. The number of Topliss-reactive ketones (excluding diaryl/α,β-unsaturated/α-hetero) is 1. The zero-order valence-electron chi connectivity index (χ0n) is 6.55. The van der Waals surface area contributed by atoms with E-state index >= 15 is 0 Å². The molecule has 2 rings (SSSR count). The molecule has 0 spiro atoms. The molecule has 2 fully saturated rings. The third-order valence-electron chi connectivity index (χ3n) is 3.14. The van der Waals surface area contributed by atoms with Gasteiger partial charge in [0, 0.05) is 6.42 Å². The van der Waals surface area contributed by atoms with E-state index in [9.17, 15) is 9.18 Å². The number of carbonyl (C=O) groups is 1. The molecule has 3 atom stereocenters. The molecule has 2 aliphatic rings. The van der Waals surface area contributed by atoms with Crippen LogP contribution in [0.3, 0.4) is 0 Å². The molecule has 1 nitrogen and oxygen atoms in total. The van der Waals surface area contributed by atoms with Crippen molar-refractivity contribution >= 4 is 5.78 Å². The van der Waals surface area contributed by atoms with E-state index in [-0.39, 0.29) is 5.78 Å². The lowest BCUT2D eigenvalue weighted by Gasteiger charge is -2.26. The Labute approximate surface area is 66.0 Å². The summed E-state index contributed by atoms with van der Waals surface area (Å²) in [6.45, 7) is 0. The van der Waals surface area contributed by atoms with Crippen molar-refractivity contribution in [3.63, 3.8) is 0 Å². The maximum atomic E-state index is 12.9. The van der Waals surface area contributed by atoms with Crippen LogP contribution < -0.4 is 0 Å². The minimum atomic E-state index is -1.13. The monoisotopic (exact) mass is 156 g/mol. The maximum Gasteiger partial charge on any atom is 0.167 e. The van der Waals surface area contributed by atoms with E-state index < -0.39 is 6.17 Å². The molecule has 0 N–H and O–H groups in total. The summed E-state index contributed by atoms with van der Waals surface area (Å²) in [5, 5.41) is 0. The highest BCUT2D eigenvalue weighted by molar-refractivity contribution is 5.84. The Bertz CT molecular complexity index is 178. The molecule has 0 heterocycles. The number of ketones is 1. The predicted molar refractivity (Wildman–Crippen MR) is 40.0 cm³/mol. The van der Waals surface area contributed by atoms with E-state index in [0.29, 0.717) is 24.7 Å². The van der Waals surface area contributed by atoms with Gasteiger partial charge in [-0.25, -0.2) is 4.39 Å². The van der Waals surface area contributed by atoms with Gasteiger partial charge in [0.2, 0.25) is 0 Å². The number of rotatable bonds is 0. The van der Waals surface area contributed by atoms with Gasteiger partial charge >= 0.3 is 0 Å². The van der Waals surface area contributed by atoms with Gasteiger partial charge in [0.1, 0.15) is 0 Å². The summed E-state index contributed by atoms with van der Waals surface area (Å²) in [5.74, 6) is 0.922. The summed E-state index contributed by atoms with van der Waals surface area (Å²) in [6.07, 6.45) is 3.42. The molecule has 62 valence electrons. The lowest BCUT2D eigenvalue weighted by molar-refractivity contribution is -0.128. The highest BCUT2D eigenvalue weighted by Gasteiger charge is 2.38. The van der Waals surface area contributed by atoms with E-state index in [1.807, 2.05) is 0 Å². The minimum Gasteiger partial charge on any atom is -0.296 e. The van der Waals surface area contributed by atoms with Gasteiger partial charge in [-0.3, -0.25) is 4.79 Å². The summed E-state index contributed by atoms with van der Waals surface area (Å²) in [6, 6.07) is 0. The third-order valence-corrected chi connectivity index (χ3v) is 3.14. The number of fused-ring (bicyclic) bond motifs is 1. The summed E-state index contributed by atoms with van der Waals surface area (Å²) >= 11 is 0. The second-order valence-corrected chi connectivity index (χ2v) is 3.82. The highest BCUT2D eigenvalue weighted by Crippen LogP contribution is 2.41. The second kappa shape index (κ2) is 2.58. The van der Waals surface area contributed by atoms with Gasteiger partial charge < -0.3 is 0 Å². The fourth-order valence-electron chi connectivity index (χ4n) is 2.48. The molecule has 0 bridgehead atoms. The van der Waals surface area contributed by atoms with Gasteiger partial charge in [-0.05, 0) is 24.7 Å². The Kier molecular flexibility index (Phi) is 1.70. The number of hydrogen-bond donors (Lipinski definition) is 0. The Balaban J connectivity index is 2.06. The Morgan fingerprint density at radius 3 is 2.82 bits per heavy atom. The number of alkyl halides is 1. The van der Waals surface area contributed by atoms with Crippen LogP contribution in [0.15, 0.2) is 0 Å². The van der Waals surface area contributed by atoms with Crippen molar-refractivity contribution in [1.29, 1.82) is 0 Å². The Morgan fingerprint density at radius 1 is 1.27 bits per heavy atom. The van der Waals surface area contributed by atoms with Crippen molar-refractivity contribution in [3.05, 3.63) is 0 Å². The first kappa shape index (κ1) is 7.26. The molecule has 0 aromatic heterocycles. The first-order chi connectivity index (χ1) is 5.27. The molecule has 0 saturated heterocycles. The van der Waals surface area contributed by atoms with Gasteiger partial charge in [0.25, 0.3) is 0 Å². The van der Waals surface area contributed by atoms with Crippen molar-refractivity contribution in [1.82, 2.24) is 0 Å². The zero-order valence-corrected chi connectivity index (χ0v) is 6.55. The average Bonchev–Trinajstić information content (AvgIpc) is 2.36. The fourth-order valence-corrected chi connectivity index (χ4v) is 2.48. The fraction of sp³-hybridized carbons (Fsp3) is 0.889. The lowest BCUT2D eigenvalue weighted by atomic mass is 9.80. The van der Waals surface area contributed by atoms with Crippen LogP contribution in [0.2, 0.25) is 0 Å². The van der Waals surface area contributed by atoms with Crippen molar-refractivity contribution < 1.29 is 9.18 Å². The largest absolute Gasteiger partial charge is 0.296 e. The predicted octanol–water partition coefficient (Wildman–Crippen LogP) is 2.10. The molecule has 2 aliphatic carbocycles. The molecule has 2 saturated carbocycles. The van der Waals surface area contributed by atoms with Gasteiger partial charge in [0.15, 0.2) is 12.0 Å². The topological polar surface area (TPSA) is 17.1 Å². The molecule has 0 radical (unpaired) electrons. The van der Waals surface area contributed by atoms with Crippen molar-refractivity contribution in [2.75, 3.05) is 0 Å². The Morgan fingerprint density at radius 2 is 2.00 bits per heavy atom. The summed E-state index contributed by atoms with van der Waals surface area (Å²) < 4.78 is 12.9. The smallest absolute Gasteiger partial charge is 0.167 e. The van der Waals surface area contributed by atoms with E-state index in [1.54, 1.807) is 0 Å². The van der Waals surface area contributed by atoms with Crippen molar-refractivity contribution in [2.24, 2.45) is 11.8 Å². The standard InChI is InChI=1S/C9H13FO/c10-8-4-6-2-1-3-7(6)5-9(8)11/h6-8H,1-5H2/t6-,7-,8+/m0/s1. The van der Waals surface area contributed by atoms with Gasteiger partial charge in [0.05, 0.1) is 0 Å². The normalized spacial score (nSPS) is 44.1. The lowest BCUT2D eigenvalue weighted by Crippen LogP contribution is -2.30. The molecule has 0 aromatic carbocycles. The van der Waals surface area contributed by atoms with Crippen LogP contribution in [0, 0.1) is 11.8 Å². The molecule has 0 amide bonds. The number of hydrogen-bond acceptors (Lipinski definition) is 1. The molecular formula is C9H13FO. The van der Waals surface area contributed by atoms with Crippen LogP contribution in [0.5, 0.6) is 0 Å². The molecule has 0 unspecified atom stereocenters. The van der Waals surface area contributed by atoms with Crippen LogP contribution in [0.4, 0.5) is 4.39 Å². The Hall–Kier alpha value is -0.400. The molecule has 0 aromatic rings. The van der Waals surface area contributed by atoms with E-state index in [4.69, 9.17) is 0 Å². The second-order valence-electron chi connectivity index (χ2n) is 3.82. The number of halogens is 1. The van der Waals surface area contributed by atoms with Crippen molar-refractivity contribution in [2.45, 2.75) is 38.3 Å². The van der Waals surface area contributed by atoms with Gasteiger partial charge in [-0.1, -0.05) is 12.8 Å². The molecular weight excluding hydrogens is 143 g/mol. The van der Waals surface area contributed by atoms with E-state index in [1.165, 1.54) is 6.42 Å². The van der Waals surface area contributed by atoms with Crippen molar-refractivity contribution in [3.8, 4) is 0 Å². The average molecular weight is 156 g/mol. The first-order valence-electron chi connectivity index (χ1n) is 4.44. The van der Waals surface area contributed by atoms with E-state index in [2.05, 4.69) is 0 Å². The van der Waals surface area contributed by atoms with Crippen LogP contribution in [0.1, 0.15) is 32.1 Å². The molecule has 11 heavy (non-hydrogen) atoms. The van der Waals surface area contributed by atoms with Crippen LogP contribution >= 0.6 is 0 Å². The van der Waals surface area contributed by atoms with Gasteiger partial charge in [-0.2, -0.15) is 0 Å². The van der Waals surface area contributed by atoms with Crippen LogP contribution in [0.25, 0.3) is 0 Å². The first-order valence-corrected chi connectivity index (χ1v) is 4.44. The quantitative estimate of drug-likeness (QED) is 0.525. The number of carbonyl (C=O) groups excluding carboxylic acids is 1. The molecule has 0 aliphatic heterocycles. The molecule has 2 heteroatoms. The van der Waals surface area contributed by atoms with E-state index in [0.717, 1.165) is 12.8 Å². The van der Waals surface area contributed by atoms with Crippen LogP contribution in [-0.4, -0.2) is 12.0 Å². The maximum absolute atomic E-state index is 12.9. The minimum absolute atomic E-state index is 0.145.